The minimum Gasteiger partial charge on any atom is -0.457 e. The summed E-state index contributed by atoms with van der Waals surface area (Å²) in [6.07, 6.45) is -0.641. The number of nitrogens with zero attached hydrogens (tertiary/aromatic N) is 3. The lowest BCUT2D eigenvalue weighted by atomic mass is 10.1. The molecule has 0 spiro atoms. The second-order valence-corrected chi connectivity index (χ2v) is 9.97. The number of rotatable bonds is 4. The van der Waals surface area contributed by atoms with E-state index in [2.05, 4.69) is 5.32 Å². The monoisotopic (exact) mass is 532 g/mol. The van der Waals surface area contributed by atoms with E-state index in [9.17, 15) is 4.79 Å². The summed E-state index contributed by atoms with van der Waals surface area (Å²) in [5, 5.41) is 12.6. The van der Waals surface area contributed by atoms with Gasteiger partial charge in [-0.25, -0.2) is 10.0 Å². The van der Waals surface area contributed by atoms with E-state index in [1.807, 2.05) is 84.9 Å². The third kappa shape index (κ3) is 4.30. The van der Waals surface area contributed by atoms with Crippen LogP contribution in [0.4, 0.5) is 0 Å². The molecular formula is C27H18Cl2N4O2S. The number of benzene rings is 3. The molecule has 1 atom stereocenters. The van der Waals surface area contributed by atoms with Gasteiger partial charge in [-0.2, -0.15) is 0 Å². The Balaban J connectivity index is 1.39. The number of thioether (sulfide) groups is 1. The fourth-order valence-electron chi connectivity index (χ4n) is 4.10. The van der Waals surface area contributed by atoms with Gasteiger partial charge in [-0.05, 0) is 54.1 Å². The van der Waals surface area contributed by atoms with Crippen LogP contribution in [0.5, 0.6) is 0 Å². The summed E-state index contributed by atoms with van der Waals surface area (Å²) in [5.74, 6) is 1.56. The van der Waals surface area contributed by atoms with Crippen molar-refractivity contribution in [1.29, 1.82) is 0 Å². The number of para-hydroxylation sites is 1. The Labute approximate surface area is 220 Å². The second-order valence-electron chi connectivity index (χ2n) is 8.16. The number of carbonyl (C=O) groups is 1. The van der Waals surface area contributed by atoms with Crippen LogP contribution in [0.15, 0.2) is 99.4 Å². The number of fused-ring (bicyclic) bond motifs is 2. The van der Waals surface area contributed by atoms with Gasteiger partial charge in [0.1, 0.15) is 11.5 Å². The smallest absolute Gasteiger partial charge is 0.276 e. The normalized spacial score (nSPS) is 16.6. The highest BCUT2D eigenvalue weighted by Crippen LogP contribution is 2.34. The van der Waals surface area contributed by atoms with Gasteiger partial charge in [0, 0.05) is 26.6 Å². The zero-order chi connectivity index (χ0) is 24.6. The van der Waals surface area contributed by atoms with E-state index in [0.29, 0.717) is 43.5 Å². The van der Waals surface area contributed by atoms with Crippen molar-refractivity contribution < 1.29 is 9.21 Å². The first-order chi connectivity index (χ1) is 17.6. The van der Waals surface area contributed by atoms with E-state index in [0.717, 1.165) is 16.3 Å². The lowest BCUT2D eigenvalue weighted by Gasteiger charge is -2.32. The summed E-state index contributed by atoms with van der Waals surface area (Å²) in [7, 11) is 0. The van der Waals surface area contributed by atoms with E-state index < -0.39 is 6.17 Å². The summed E-state index contributed by atoms with van der Waals surface area (Å²) in [6.45, 7) is 0. The fraction of sp³-hybridized carbons (Fsp3) is 0.0741. The van der Waals surface area contributed by atoms with Gasteiger partial charge in [0.05, 0.1) is 5.36 Å². The molecule has 0 saturated carbocycles. The SMILES string of the molecule is O=C1NC(SCc2ccccc2Cl)=NN2C1=c1ccccc1=N[C@H]2c1ccc(-c2ccc(Cl)cc2)o1. The molecule has 0 aliphatic carbocycles. The number of amidine groups is 1. The molecule has 1 N–H and O–H groups in total. The average Bonchev–Trinajstić information content (AvgIpc) is 3.38. The molecule has 0 bridgehead atoms. The van der Waals surface area contributed by atoms with Crippen LogP contribution in [0.3, 0.4) is 0 Å². The average molecular weight is 533 g/mol. The van der Waals surface area contributed by atoms with Gasteiger partial charge in [0.15, 0.2) is 10.9 Å². The maximum atomic E-state index is 13.3. The molecule has 0 saturated heterocycles. The van der Waals surface area contributed by atoms with Gasteiger partial charge >= 0.3 is 0 Å². The number of hydrazone groups is 1. The number of nitrogens with one attached hydrogen (secondary N) is 1. The van der Waals surface area contributed by atoms with Crippen molar-refractivity contribution in [2.45, 2.75) is 11.9 Å². The summed E-state index contributed by atoms with van der Waals surface area (Å²) >= 11 is 13.7. The van der Waals surface area contributed by atoms with E-state index in [-0.39, 0.29) is 5.91 Å². The van der Waals surface area contributed by atoms with Crippen LogP contribution < -0.4 is 15.9 Å². The van der Waals surface area contributed by atoms with Crippen molar-refractivity contribution in [1.82, 2.24) is 10.3 Å². The molecule has 3 heterocycles. The lowest BCUT2D eigenvalue weighted by Crippen LogP contribution is -2.50. The first kappa shape index (κ1) is 22.9. The Morgan fingerprint density at radius 1 is 0.944 bits per heavy atom. The third-order valence-electron chi connectivity index (χ3n) is 5.85. The molecule has 2 aliphatic rings. The van der Waals surface area contributed by atoms with Gasteiger partial charge in [-0.3, -0.25) is 10.1 Å². The molecule has 178 valence electrons. The topological polar surface area (TPSA) is 70.2 Å². The molecular weight excluding hydrogens is 515 g/mol. The molecule has 36 heavy (non-hydrogen) atoms. The fourth-order valence-corrected chi connectivity index (χ4v) is 5.36. The van der Waals surface area contributed by atoms with Crippen LogP contribution in [-0.2, 0) is 10.5 Å². The summed E-state index contributed by atoms with van der Waals surface area (Å²) in [6, 6.07) is 26.3. The van der Waals surface area contributed by atoms with Gasteiger partial charge in [0.2, 0.25) is 6.17 Å². The van der Waals surface area contributed by atoms with E-state index >= 15 is 0 Å². The number of hydrogen-bond acceptors (Lipinski definition) is 6. The summed E-state index contributed by atoms with van der Waals surface area (Å²) in [5.41, 5.74) is 2.28. The number of amides is 1. The molecule has 1 aromatic heterocycles. The molecule has 0 radical (unpaired) electrons. The van der Waals surface area contributed by atoms with Crippen molar-refractivity contribution in [2.75, 3.05) is 0 Å². The van der Waals surface area contributed by atoms with Crippen LogP contribution in [0.1, 0.15) is 17.5 Å². The summed E-state index contributed by atoms with van der Waals surface area (Å²) < 4.78 is 6.21. The predicted octanol–water partition coefficient (Wildman–Crippen LogP) is 5.33. The van der Waals surface area contributed by atoms with Crippen molar-refractivity contribution >= 4 is 51.7 Å². The van der Waals surface area contributed by atoms with E-state index in [4.69, 9.17) is 37.7 Å². The maximum Gasteiger partial charge on any atom is 0.276 e. The molecule has 6 nitrogen and oxygen atoms in total. The van der Waals surface area contributed by atoms with E-state index in [1.54, 1.807) is 5.01 Å². The van der Waals surface area contributed by atoms with Crippen molar-refractivity contribution in [3.05, 3.63) is 117 Å². The quantitative estimate of drug-likeness (QED) is 0.385. The molecule has 3 aromatic carbocycles. The van der Waals surface area contributed by atoms with Crippen molar-refractivity contribution in [2.24, 2.45) is 10.1 Å². The second kappa shape index (κ2) is 9.50. The zero-order valence-electron chi connectivity index (χ0n) is 18.7. The van der Waals surface area contributed by atoms with Gasteiger partial charge < -0.3 is 4.42 Å². The van der Waals surface area contributed by atoms with Crippen LogP contribution in [0.2, 0.25) is 10.0 Å². The Bertz CT molecular complexity index is 1630. The Morgan fingerprint density at radius 3 is 2.56 bits per heavy atom. The minimum atomic E-state index is -0.641. The summed E-state index contributed by atoms with van der Waals surface area (Å²) in [4.78, 5) is 18.2. The van der Waals surface area contributed by atoms with Crippen LogP contribution in [0, 0.1) is 0 Å². The number of hydrogen-bond donors (Lipinski definition) is 1. The molecule has 0 unspecified atom stereocenters. The Hall–Kier alpha value is -3.52. The number of furan rings is 1. The number of carbonyl (C=O) groups excluding carboxylic acids is 1. The first-order valence-corrected chi connectivity index (χ1v) is 12.9. The molecule has 4 aromatic rings. The third-order valence-corrected chi connectivity index (χ3v) is 7.38. The predicted molar refractivity (Wildman–Crippen MR) is 143 cm³/mol. The van der Waals surface area contributed by atoms with Crippen LogP contribution >= 0.6 is 35.0 Å². The molecule has 9 heteroatoms. The largest absolute Gasteiger partial charge is 0.457 e. The highest BCUT2D eigenvalue weighted by molar-refractivity contribution is 8.13. The molecule has 0 fully saturated rings. The Kier molecular flexibility index (Phi) is 6.05. The van der Waals surface area contributed by atoms with E-state index in [1.165, 1.54) is 11.8 Å². The van der Waals surface area contributed by atoms with Gasteiger partial charge in [-0.1, -0.05) is 71.4 Å². The lowest BCUT2D eigenvalue weighted by molar-refractivity contribution is -0.116. The van der Waals surface area contributed by atoms with Gasteiger partial charge in [-0.15, -0.1) is 5.10 Å². The first-order valence-electron chi connectivity index (χ1n) is 11.1. The minimum absolute atomic E-state index is 0.247. The molecule has 6 rings (SSSR count). The molecule has 2 aliphatic heterocycles. The molecule has 1 amide bonds. The van der Waals surface area contributed by atoms with Crippen LogP contribution in [-0.4, -0.2) is 16.1 Å². The van der Waals surface area contributed by atoms with Crippen molar-refractivity contribution in [3.8, 4) is 11.3 Å². The van der Waals surface area contributed by atoms with Gasteiger partial charge in [0.25, 0.3) is 5.91 Å². The van der Waals surface area contributed by atoms with Crippen LogP contribution in [0.25, 0.3) is 17.0 Å². The zero-order valence-corrected chi connectivity index (χ0v) is 21.0. The number of halogens is 2. The highest BCUT2D eigenvalue weighted by atomic mass is 35.5. The van der Waals surface area contributed by atoms with Crippen molar-refractivity contribution in [3.63, 3.8) is 0 Å². The standard InChI is InChI=1S/C27H18Cl2N4O2S/c28-18-11-9-16(10-12-18)22-13-14-23(35-22)25-30-21-8-4-2-6-19(21)24-26(34)31-27(32-33(24)25)36-15-17-5-1-3-7-20(17)29/h1-14,25H,15H2,(H,31,32,34)/t25-/m1/s1. The Morgan fingerprint density at radius 2 is 1.72 bits per heavy atom. The maximum absolute atomic E-state index is 13.3. The highest BCUT2D eigenvalue weighted by Gasteiger charge is 2.36.